The molecule has 104 valence electrons. The van der Waals surface area contributed by atoms with Gasteiger partial charge in [-0.15, -0.1) is 0 Å². The highest BCUT2D eigenvalue weighted by Crippen LogP contribution is 2.18. The molecule has 0 aliphatic carbocycles. The lowest BCUT2D eigenvalue weighted by molar-refractivity contribution is 0.0987. The summed E-state index contributed by atoms with van der Waals surface area (Å²) in [5.41, 5.74) is 2.36. The molecule has 0 fully saturated rings. The van der Waals surface area contributed by atoms with Crippen molar-refractivity contribution in [1.82, 2.24) is 4.57 Å². The fourth-order valence-electron chi connectivity index (χ4n) is 2.12. The van der Waals surface area contributed by atoms with Crippen molar-refractivity contribution in [3.63, 3.8) is 0 Å². The van der Waals surface area contributed by atoms with E-state index in [0.29, 0.717) is 12.1 Å². The van der Waals surface area contributed by atoms with Crippen LogP contribution in [-0.4, -0.2) is 17.0 Å². The van der Waals surface area contributed by atoms with Gasteiger partial charge in [-0.05, 0) is 37.6 Å². The van der Waals surface area contributed by atoms with Crippen LogP contribution in [-0.2, 0) is 7.05 Å². The summed E-state index contributed by atoms with van der Waals surface area (Å²) in [5.74, 6) is -0.103. The van der Waals surface area contributed by atoms with E-state index in [4.69, 9.17) is 0 Å². The van der Waals surface area contributed by atoms with E-state index in [1.807, 2.05) is 38.1 Å². The predicted molar refractivity (Wildman–Crippen MR) is 80.2 cm³/mol. The molecule has 0 spiro atoms. The number of carbonyl (C=O) groups is 1. The van der Waals surface area contributed by atoms with Crippen LogP contribution < -0.4 is 10.5 Å². The first-order chi connectivity index (χ1) is 9.52. The van der Waals surface area contributed by atoms with Crippen LogP contribution in [0, 0.1) is 6.92 Å². The van der Waals surface area contributed by atoms with Crippen molar-refractivity contribution >= 4 is 11.6 Å². The van der Waals surface area contributed by atoms with Crippen LogP contribution >= 0.6 is 0 Å². The first kappa shape index (κ1) is 14.1. The van der Waals surface area contributed by atoms with Crippen LogP contribution in [0.25, 0.3) is 0 Å². The fourth-order valence-corrected chi connectivity index (χ4v) is 2.12. The monoisotopic (exact) mass is 270 g/mol. The zero-order valence-corrected chi connectivity index (χ0v) is 12.0. The Hall–Kier alpha value is -2.36. The van der Waals surface area contributed by atoms with E-state index >= 15 is 0 Å². The van der Waals surface area contributed by atoms with Crippen LogP contribution in [0.15, 0.2) is 47.4 Å². The van der Waals surface area contributed by atoms with Gasteiger partial charge in [0.05, 0.1) is 5.56 Å². The third kappa shape index (κ3) is 2.79. The van der Waals surface area contributed by atoms with Crippen molar-refractivity contribution in [3.05, 3.63) is 64.1 Å². The molecule has 2 rings (SSSR count). The number of benzene rings is 1. The second-order valence-corrected chi connectivity index (χ2v) is 4.76. The van der Waals surface area contributed by atoms with E-state index in [9.17, 15) is 9.59 Å². The molecular weight excluding hydrogens is 252 g/mol. The molecule has 1 aromatic heterocycles. The third-order valence-electron chi connectivity index (χ3n) is 3.21. The third-order valence-corrected chi connectivity index (χ3v) is 3.21. The largest absolute Gasteiger partial charge is 0.318 e. The Balaban J connectivity index is 2.38. The van der Waals surface area contributed by atoms with Gasteiger partial charge in [0.1, 0.15) is 0 Å². The molecule has 1 amide bonds. The van der Waals surface area contributed by atoms with Gasteiger partial charge < -0.3 is 9.47 Å². The summed E-state index contributed by atoms with van der Waals surface area (Å²) in [6.07, 6.45) is 1.57. The van der Waals surface area contributed by atoms with E-state index in [2.05, 4.69) is 0 Å². The number of aromatic nitrogens is 1. The molecule has 0 unspecified atom stereocenters. The number of rotatable bonds is 3. The molecule has 0 aliphatic heterocycles. The number of amides is 1. The van der Waals surface area contributed by atoms with Crippen LogP contribution in [0.2, 0.25) is 0 Å². The number of hydrogen-bond acceptors (Lipinski definition) is 2. The molecular formula is C16H18N2O2. The second-order valence-electron chi connectivity index (χ2n) is 4.76. The Morgan fingerprint density at radius 2 is 2.00 bits per heavy atom. The van der Waals surface area contributed by atoms with Gasteiger partial charge in [0.2, 0.25) is 5.56 Å². The van der Waals surface area contributed by atoms with Gasteiger partial charge in [0.25, 0.3) is 5.91 Å². The van der Waals surface area contributed by atoms with Crippen LogP contribution in [0.4, 0.5) is 5.69 Å². The van der Waals surface area contributed by atoms with Gasteiger partial charge in [-0.2, -0.15) is 0 Å². The minimum atomic E-state index is -0.125. The summed E-state index contributed by atoms with van der Waals surface area (Å²) < 4.78 is 1.41. The molecule has 0 saturated carbocycles. The van der Waals surface area contributed by atoms with E-state index in [-0.39, 0.29) is 11.5 Å². The first-order valence-electron chi connectivity index (χ1n) is 6.58. The summed E-state index contributed by atoms with van der Waals surface area (Å²) in [6.45, 7) is 4.50. The van der Waals surface area contributed by atoms with Gasteiger partial charge in [-0.25, -0.2) is 0 Å². The zero-order chi connectivity index (χ0) is 14.7. The molecule has 0 bridgehead atoms. The summed E-state index contributed by atoms with van der Waals surface area (Å²) in [7, 11) is 1.64. The molecule has 0 aliphatic rings. The van der Waals surface area contributed by atoms with Crippen LogP contribution in [0.5, 0.6) is 0 Å². The number of anilines is 1. The van der Waals surface area contributed by atoms with E-state index in [1.54, 1.807) is 24.2 Å². The highest BCUT2D eigenvalue weighted by Gasteiger charge is 2.16. The number of nitrogens with zero attached hydrogens (tertiary/aromatic N) is 2. The van der Waals surface area contributed by atoms with Crippen molar-refractivity contribution in [2.75, 3.05) is 11.4 Å². The lowest BCUT2D eigenvalue weighted by Crippen LogP contribution is -2.31. The molecule has 0 N–H and O–H groups in total. The molecule has 4 heteroatoms. The molecule has 2 aromatic rings. The quantitative estimate of drug-likeness (QED) is 0.859. The Morgan fingerprint density at radius 1 is 1.25 bits per heavy atom. The summed E-state index contributed by atoms with van der Waals surface area (Å²) in [6, 6.07) is 10.8. The maximum atomic E-state index is 12.6. The van der Waals surface area contributed by atoms with Crippen LogP contribution in [0.1, 0.15) is 22.8 Å². The number of aryl methyl sites for hydroxylation is 2. The number of pyridine rings is 1. The summed E-state index contributed by atoms with van der Waals surface area (Å²) in [5, 5.41) is 0. The predicted octanol–water partition coefficient (Wildman–Crippen LogP) is 2.36. The molecule has 20 heavy (non-hydrogen) atoms. The van der Waals surface area contributed by atoms with Crippen LogP contribution in [0.3, 0.4) is 0 Å². The second kappa shape index (κ2) is 5.74. The number of hydrogen-bond donors (Lipinski definition) is 0. The average molecular weight is 270 g/mol. The van der Waals surface area contributed by atoms with Gasteiger partial charge in [-0.3, -0.25) is 9.59 Å². The van der Waals surface area contributed by atoms with Crippen molar-refractivity contribution in [2.45, 2.75) is 13.8 Å². The Bertz CT molecular complexity index is 689. The minimum Gasteiger partial charge on any atom is -0.318 e. The first-order valence-corrected chi connectivity index (χ1v) is 6.58. The van der Waals surface area contributed by atoms with E-state index in [1.165, 1.54) is 10.6 Å². The topological polar surface area (TPSA) is 42.3 Å². The molecule has 0 radical (unpaired) electrons. The van der Waals surface area contributed by atoms with E-state index < -0.39 is 0 Å². The molecule has 1 aromatic carbocycles. The SMILES string of the molecule is CCN(C(=O)c1ccc(=O)n(C)c1)c1cccc(C)c1. The minimum absolute atomic E-state index is 0.103. The highest BCUT2D eigenvalue weighted by atomic mass is 16.2. The zero-order valence-electron chi connectivity index (χ0n) is 12.0. The number of carbonyl (C=O) groups excluding carboxylic acids is 1. The fraction of sp³-hybridized carbons (Fsp3) is 0.250. The van der Waals surface area contributed by atoms with Gasteiger partial charge in [0, 0.05) is 31.5 Å². The normalized spacial score (nSPS) is 10.3. The van der Waals surface area contributed by atoms with Crippen molar-refractivity contribution in [2.24, 2.45) is 7.05 Å². The highest BCUT2D eigenvalue weighted by molar-refractivity contribution is 6.05. The summed E-state index contributed by atoms with van der Waals surface area (Å²) >= 11 is 0. The maximum absolute atomic E-state index is 12.6. The van der Waals surface area contributed by atoms with Gasteiger partial charge in [-0.1, -0.05) is 12.1 Å². The average Bonchev–Trinajstić information content (AvgIpc) is 2.42. The summed E-state index contributed by atoms with van der Waals surface area (Å²) in [4.78, 5) is 25.6. The standard InChI is InChI=1S/C16H18N2O2/c1-4-18(14-7-5-6-12(2)10-14)16(20)13-8-9-15(19)17(3)11-13/h5-11H,4H2,1-3H3. The van der Waals surface area contributed by atoms with Crippen molar-refractivity contribution < 1.29 is 4.79 Å². The maximum Gasteiger partial charge on any atom is 0.259 e. The Labute approximate surface area is 118 Å². The lowest BCUT2D eigenvalue weighted by atomic mass is 10.2. The van der Waals surface area contributed by atoms with Gasteiger partial charge >= 0.3 is 0 Å². The smallest absolute Gasteiger partial charge is 0.259 e. The van der Waals surface area contributed by atoms with Crippen molar-refractivity contribution in [1.29, 1.82) is 0 Å². The van der Waals surface area contributed by atoms with Gasteiger partial charge in [0.15, 0.2) is 0 Å². The van der Waals surface area contributed by atoms with E-state index in [0.717, 1.165) is 11.3 Å². The molecule has 1 heterocycles. The molecule has 0 saturated heterocycles. The Kier molecular flexibility index (Phi) is 4.03. The lowest BCUT2D eigenvalue weighted by Gasteiger charge is -2.21. The molecule has 4 nitrogen and oxygen atoms in total. The Morgan fingerprint density at radius 3 is 2.60 bits per heavy atom. The van der Waals surface area contributed by atoms with Crippen molar-refractivity contribution in [3.8, 4) is 0 Å². The molecule has 0 atom stereocenters.